The van der Waals surface area contributed by atoms with Crippen LogP contribution < -0.4 is 5.43 Å². The van der Waals surface area contributed by atoms with Gasteiger partial charge in [-0.3, -0.25) is 4.79 Å². The summed E-state index contributed by atoms with van der Waals surface area (Å²) in [5, 5.41) is 49.4. The van der Waals surface area contributed by atoms with E-state index in [-0.39, 0.29) is 33.9 Å². The number of rotatable bonds is 1. The van der Waals surface area contributed by atoms with E-state index in [2.05, 4.69) is 0 Å². The second-order valence-electron chi connectivity index (χ2n) is 5.66. The third kappa shape index (κ3) is 1.75. The van der Waals surface area contributed by atoms with Crippen LogP contribution in [0.15, 0.2) is 9.21 Å². The third-order valence-electron chi connectivity index (χ3n) is 4.43. The lowest BCUT2D eigenvalue weighted by atomic mass is 9.99. The number of phenolic OH excluding ortho intramolecular Hbond substituents is 5. The fourth-order valence-electron chi connectivity index (χ4n) is 2.89. The van der Waals surface area contributed by atoms with E-state index < -0.39 is 34.2 Å². The van der Waals surface area contributed by atoms with Crippen molar-refractivity contribution in [2.45, 2.75) is 27.2 Å². The highest BCUT2D eigenvalue weighted by Gasteiger charge is 2.26. The van der Waals surface area contributed by atoms with Crippen LogP contribution in [0.3, 0.4) is 0 Å². The highest BCUT2D eigenvalue weighted by molar-refractivity contribution is 6.01. The summed E-state index contributed by atoms with van der Waals surface area (Å²) in [4.78, 5) is 12.8. The van der Waals surface area contributed by atoms with E-state index in [1.165, 1.54) is 0 Å². The molecule has 0 radical (unpaired) electrons. The van der Waals surface area contributed by atoms with Gasteiger partial charge in [0.25, 0.3) is 0 Å². The van der Waals surface area contributed by atoms with Crippen LogP contribution in [0.1, 0.15) is 23.6 Å². The number of aromatic hydroxyl groups is 5. The van der Waals surface area contributed by atoms with Gasteiger partial charge in [0, 0.05) is 11.1 Å². The second kappa shape index (κ2) is 4.95. The van der Waals surface area contributed by atoms with Crippen molar-refractivity contribution < 1.29 is 29.9 Å². The maximum absolute atomic E-state index is 12.8. The Morgan fingerprint density at radius 3 is 1.88 bits per heavy atom. The molecule has 1 heterocycles. The first-order valence-electron chi connectivity index (χ1n) is 7.29. The van der Waals surface area contributed by atoms with Gasteiger partial charge in [-0.25, -0.2) is 0 Å². The molecule has 0 unspecified atom stereocenters. The molecule has 0 aliphatic heterocycles. The van der Waals surface area contributed by atoms with Crippen molar-refractivity contribution in [3.8, 4) is 28.7 Å². The van der Waals surface area contributed by atoms with Gasteiger partial charge in [-0.15, -0.1) is 0 Å². The Hall–Kier alpha value is -3.09. The van der Waals surface area contributed by atoms with Gasteiger partial charge in [-0.05, 0) is 25.8 Å². The zero-order chi connectivity index (χ0) is 17.9. The predicted molar refractivity (Wildman–Crippen MR) is 87.2 cm³/mol. The minimum absolute atomic E-state index is 0.0412. The molecule has 126 valence electrons. The number of phenols is 5. The molecule has 5 N–H and O–H groups in total. The Morgan fingerprint density at radius 1 is 0.750 bits per heavy atom. The van der Waals surface area contributed by atoms with E-state index >= 15 is 0 Å². The maximum Gasteiger partial charge on any atom is 0.208 e. The average molecular weight is 332 g/mol. The number of aryl methyl sites for hydroxylation is 2. The van der Waals surface area contributed by atoms with Crippen LogP contribution in [-0.4, -0.2) is 25.5 Å². The first kappa shape index (κ1) is 15.8. The molecule has 0 atom stereocenters. The molecule has 0 aliphatic rings. The first-order chi connectivity index (χ1) is 11.2. The summed E-state index contributed by atoms with van der Waals surface area (Å²) in [6, 6.07) is 0. The molecule has 7 heteroatoms. The molecular formula is C17H16O7. The van der Waals surface area contributed by atoms with Gasteiger partial charge in [0.1, 0.15) is 21.9 Å². The van der Waals surface area contributed by atoms with Crippen LogP contribution in [0.2, 0.25) is 0 Å². The Balaban J connectivity index is 2.76. The van der Waals surface area contributed by atoms with Gasteiger partial charge in [-0.1, -0.05) is 6.92 Å². The predicted octanol–water partition coefficient (Wildman–Crippen LogP) is 2.65. The van der Waals surface area contributed by atoms with E-state index in [4.69, 9.17) is 4.42 Å². The van der Waals surface area contributed by atoms with Crippen molar-refractivity contribution in [1.82, 2.24) is 0 Å². The van der Waals surface area contributed by atoms with Gasteiger partial charge >= 0.3 is 0 Å². The molecule has 0 saturated carbocycles. The van der Waals surface area contributed by atoms with Crippen LogP contribution in [0.4, 0.5) is 0 Å². The quantitative estimate of drug-likeness (QED) is 0.342. The molecule has 2 aromatic carbocycles. The van der Waals surface area contributed by atoms with E-state index in [0.29, 0.717) is 11.1 Å². The molecule has 0 spiro atoms. The highest BCUT2D eigenvalue weighted by Crippen LogP contribution is 2.46. The Labute approximate surface area is 135 Å². The van der Waals surface area contributed by atoms with Gasteiger partial charge < -0.3 is 29.9 Å². The van der Waals surface area contributed by atoms with Crippen LogP contribution in [-0.2, 0) is 6.42 Å². The first-order valence-corrected chi connectivity index (χ1v) is 7.29. The Morgan fingerprint density at radius 2 is 1.29 bits per heavy atom. The summed E-state index contributed by atoms with van der Waals surface area (Å²) in [6.07, 6.45) is 0.229. The number of hydrogen-bond donors (Lipinski definition) is 5. The standard InChI is InChI=1S/C17H16O7/c1-4-7-11(19)15(23)14(22)9-12(20)8-13(21)10(18)5(2)6(3)16(8)24-17(7)9/h18-19,21-23H,4H2,1-3H3. The zero-order valence-electron chi connectivity index (χ0n) is 13.3. The van der Waals surface area contributed by atoms with E-state index in [1.54, 1.807) is 20.8 Å². The van der Waals surface area contributed by atoms with Crippen molar-refractivity contribution >= 4 is 21.9 Å². The van der Waals surface area contributed by atoms with Crippen molar-refractivity contribution in [1.29, 1.82) is 0 Å². The topological polar surface area (TPSA) is 131 Å². The Kier molecular flexibility index (Phi) is 3.26. The molecule has 0 amide bonds. The molecule has 0 aliphatic carbocycles. The molecular weight excluding hydrogens is 316 g/mol. The molecule has 24 heavy (non-hydrogen) atoms. The van der Waals surface area contributed by atoms with Crippen molar-refractivity contribution in [3.05, 3.63) is 26.9 Å². The maximum atomic E-state index is 12.8. The molecule has 0 fully saturated rings. The summed E-state index contributed by atoms with van der Waals surface area (Å²) < 4.78 is 5.71. The van der Waals surface area contributed by atoms with E-state index in [0.717, 1.165) is 0 Å². The summed E-state index contributed by atoms with van der Waals surface area (Å²) in [5.41, 5.74) is 0.0876. The number of hydrogen-bond acceptors (Lipinski definition) is 7. The number of fused-ring (bicyclic) bond motifs is 2. The van der Waals surface area contributed by atoms with Gasteiger partial charge in [0.05, 0.1) is 0 Å². The van der Waals surface area contributed by atoms with Crippen molar-refractivity contribution in [2.75, 3.05) is 0 Å². The fourth-order valence-corrected chi connectivity index (χ4v) is 2.89. The van der Waals surface area contributed by atoms with Crippen LogP contribution in [0.25, 0.3) is 21.9 Å². The molecule has 7 nitrogen and oxygen atoms in total. The summed E-state index contributed by atoms with van der Waals surface area (Å²) in [6.45, 7) is 4.85. The normalized spacial score (nSPS) is 11.5. The van der Waals surface area contributed by atoms with Crippen molar-refractivity contribution in [2.24, 2.45) is 0 Å². The minimum Gasteiger partial charge on any atom is -0.504 e. The smallest absolute Gasteiger partial charge is 0.208 e. The fraction of sp³-hybridized carbons (Fsp3) is 0.235. The third-order valence-corrected chi connectivity index (χ3v) is 4.43. The monoisotopic (exact) mass is 332 g/mol. The largest absolute Gasteiger partial charge is 0.504 e. The lowest BCUT2D eigenvalue weighted by Gasteiger charge is -2.14. The highest BCUT2D eigenvalue weighted by atomic mass is 16.3. The van der Waals surface area contributed by atoms with Crippen LogP contribution in [0.5, 0.6) is 28.7 Å². The summed E-state index contributed by atoms with van der Waals surface area (Å²) in [5.74, 6) is -3.35. The summed E-state index contributed by atoms with van der Waals surface area (Å²) in [7, 11) is 0. The molecule has 3 aromatic rings. The lowest BCUT2D eigenvalue weighted by molar-refractivity contribution is 0.367. The van der Waals surface area contributed by atoms with E-state index in [9.17, 15) is 30.3 Å². The molecule has 0 saturated heterocycles. The summed E-state index contributed by atoms with van der Waals surface area (Å²) >= 11 is 0. The van der Waals surface area contributed by atoms with Gasteiger partial charge in [-0.2, -0.15) is 0 Å². The average Bonchev–Trinajstić information content (AvgIpc) is 2.56. The molecule has 3 rings (SSSR count). The lowest BCUT2D eigenvalue weighted by Crippen LogP contribution is -2.06. The minimum atomic E-state index is -0.840. The zero-order valence-corrected chi connectivity index (χ0v) is 13.3. The van der Waals surface area contributed by atoms with Gasteiger partial charge in [0.2, 0.25) is 11.2 Å². The van der Waals surface area contributed by atoms with Crippen molar-refractivity contribution in [3.63, 3.8) is 0 Å². The second-order valence-corrected chi connectivity index (χ2v) is 5.66. The van der Waals surface area contributed by atoms with Crippen LogP contribution >= 0.6 is 0 Å². The van der Waals surface area contributed by atoms with Gasteiger partial charge in [0.15, 0.2) is 23.0 Å². The number of benzene rings is 2. The van der Waals surface area contributed by atoms with Crippen LogP contribution in [0, 0.1) is 13.8 Å². The van der Waals surface area contributed by atoms with E-state index in [1.807, 2.05) is 0 Å². The SMILES string of the molecule is CCc1c(O)c(O)c(O)c2c(=O)c3c(O)c(O)c(C)c(C)c3oc12. The molecule has 1 aromatic heterocycles. The Bertz CT molecular complexity index is 1080. The molecule has 0 bridgehead atoms.